The summed E-state index contributed by atoms with van der Waals surface area (Å²) in [6, 6.07) is 5.01. The van der Waals surface area contributed by atoms with Crippen LogP contribution in [0.4, 0.5) is 13.2 Å². The van der Waals surface area contributed by atoms with Gasteiger partial charge in [-0.1, -0.05) is 43.2 Å². The summed E-state index contributed by atoms with van der Waals surface area (Å²) in [5.74, 6) is 0.835. The third-order valence-corrected chi connectivity index (χ3v) is 4.74. The van der Waals surface area contributed by atoms with Gasteiger partial charge < -0.3 is 9.47 Å². The van der Waals surface area contributed by atoms with Crippen LogP contribution in [0.5, 0.6) is 5.75 Å². The molecule has 0 N–H and O–H groups in total. The number of allylic oxidation sites excluding steroid dienone is 3. The molecule has 30 heavy (non-hydrogen) atoms. The Bertz CT molecular complexity index is 660. The molecule has 3 nitrogen and oxygen atoms in total. The topological polar surface area (TPSA) is 35.5 Å². The number of hydrogen-bond donors (Lipinski definition) is 0. The van der Waals surface area contributed by atoms with E-state index in [0.717, 1.165) is 31.4 Å². The van der Waals surface area contributed by atoms with Crippen molar-refractivity contribution in [3.8, 4) is 5.75 Å². The molecular weight excluding hydrogens is 393 g/mol. The Balaban J connectivity index is 0.000000382. The van der Waals surface area contributed by atoms with E-state index in [4.69, 9.17) is 4.74 Å². The van der Waals surface area contributed by atoms with Crippen LogP contribution in [0, 0.1) is 5.92 Å². The summed E-state index contributed by atoms with van der Waals surface area (Å²) in [4.78, 5) is 10.5. The number of carbonyl (C=O) groups is 1. The molecule has 1 fully saturated rings. The Hall–Kier alpha value is -2.24. The highest BCUT2D eigenvalue weighted by atomic mass is 19.4. The maximum Gasteiger partial charge on any atom is 0.416 e. The van der Waals surface area contributed by atoms with Gasteiger partial charge in [0.25, 0.3) is 0 Å². The molecule has 1 aromatic rings. The van der Waals surface area contributed by atoms with Crippen molar-refractivity contribution in [3.05, 3.63) is 54.1 Å². The molecule has 0 aromatic heterocycles. The zero-order valence-electron chi connectivity index (χ0n) is 17.9. The number of methoxy groups -OCH3 is 1. The Labute approximate surface area is 178 Å². The summed E-state index contributed by atoms with van der Waals surface area (Å²) >= 11 is 0. The zero-order valence-corrected chi connectivity index (χ0v) is 17.9. The Morgan fingerprint density at radius 3 is 2.53 bits per heavy atom. The highest BCUT2D eigenvalue weighted by Gasteiger charge is 2.30. The molecule has 0 spiro atoms. The van der Waals surface area contributed by atoms with Crippen LogP contribution in [-0.4, -0.2) is 19.7 Å². The van der Waals surface area contributed by atoms with E-state index < -0.39 is 11.7 Å². The molecule has 0 saturated heterocycles. The molecule has 1 aromatic carbocycles. The molecule has 0 bridgehead atoms. The number of alkyl halides is 3. The minimum Gasteiger partial charge on any atom is -0.493 e. The summed E-state index contributed by atoms with van der Waals surface area (Å²) in [5, 5.41) is 0. The van der Waals surface area contributed by atoms with E-state index in [1.54, 1.807) is 6.07 Å². The lowest BCUT2D eigenvalue weighted by molar-refractivity contribution is -0.140. The first-order valence-electron chi connectivity index (χ1n) is 10.5. The number of halogens is 3. The number of hydrogen-bond acceptors (Lipinski definition) is 3. The van der Waals surface area contributed by atoms with Crippen LogP contribution in [-0.2, 0) is 15.7 Å². The molecule has 0 heterocycles. The fraction of sp³-hybridized carbons (Fsp3) is 0.542. The first-order chi connectivity index (χ1) is 14.4. The van der Waals surface area contributed by atoms with Gasteiger partial charge in [0.2, 0.25) is 0 Å². The average molecular weight is 427 g/mol. The average Bonchev–Trinajstić information content (AvgIpc) is 3.24. The lowest BCUT2D eigenvalue weighted by Gasteiger charge is -2.09. The second-order valence-electron chi connectivity index (χ2n) is 7.17. The number of benzene rings is 1. The van der Waals surface area contributed by atoms with E-state index in [1.807, 2.05) is 19.1 Å². The van der Waals surface area contributed by atoms with Crippen molar-refractivity contribution in [2.75, 3.05) is 13.7 Å². The molecule has 1 saturated carbocycles. The Morgan fingerprint density at radius 1 is 1.17 bits per heavy atom. The van der Waals surface area contributed by atoms with Gasteiger partial charge in [-0.15, -0.1) is 0 Å². The van der Waals surface area contributed by atoms with Crippen molar-refractivity contribution in [2.24, 2.45) is 5.92 Å². The van der Waals surface area contributed by atoms with Crippen molar-refractivity contribution in [1.82, 2.24) is 0 Å². The minimum atomic E-state index is -4.32. The summed E-state index contributed by atoms with van der Waals surface area (Å²) < 4.78 is 47.4. The third-order valence-electron chi connectivity index (χ3n) is 4.74. The molecule has 6 heteroatoms. The van der Waals surface area contributed by atoms with Crippen LogP contribution in [0.3, 0.4) is 0 Å². The third kappa shape index (κ3) is 11.7. The lowest BCUT2D eigenvalue weighted by Crippen LogP contribution is -2.05. The smallest absolute Gasteiger partial charge is 0.416 e. The Kier molecular flexibility index (Phi) is 12.6. The van der Waals surface area contributed by atoms with Gasteiger partial charge in [0.05, 0.1) is 19.3 Å². The fourth-order valence-electron chi connectivity index (χ4n) is 3.08. The van der Waals surface area contributed by atoms with Crippen LogP contribution in [0.15, 0.2) is 48.6 Å². The second kappa shape index (κ2) is 14.7. The van der Waals surface area contributed by atoms with Crippen LogP contribution < -0.4 is 4.74 Å². The monoisotopic (exact) mass is 426 g/mol. The van der Waals surface area contributed by atoms with E-state index >= 15 is 0 Å². The standard InChI is InChI=1S/C16H19F3O.C8H14O2/c17-16(18,19)14-9-5-10-15(12-14)20-11-4-3-8-13-6-1-2-7-13;1-3-4-5-6-7-8(9)10-2/h3,5,8-10,12-13H,1-2,4,6-7,11H2;3-4H,5-7H2,1-2H3/b8-3+;4-3-. The van der Waals surface area contributed by atoms with Gasteiger partial charge >= 0.3 is 12.1 Å². The van der Waals surface area contributed by atoms with Crippen molar-refractivity contribution in [1.29, 1.82) is 0 Å². The number of rotatable bonds is 9. The van der Waals surface area contributed by atoms with Crippen molar-refractivity contribution >= 4 is 5.97 Å². The van der Waals surface area contributed by atoms with Crippen molar-refractivity contribution in [2.45, 2.75) is 64.5 Å². The number of esters is 1. The van der Waals surface area contributed by atoms with Gasteiger partial charge in [-0.2, -0.15) is 13.2 Å². The van der Waals surface area contributed by atoms with Crippen LogP contribution >= 0.6 is 0 Å². The second-order valence-corrected chi connectivity index (χ2v) is 7.17. The zero-order chi connectivity index (χ0) is 22.2. The van der Waals surface area contributed by atoms with Gasteiger partial charge in [0, 0.05) is 6.42 Å². The van der Waals surface area contributed by atoms with Crippen LogP contribution in [0.1, 0.15) is 63.9 Å². The summed E-state index contributed by atoms with van der Waals surface area (Å²) in [7, 11) is 1.41. The minimum absolute atomic E-state index is 0.121. The number of unbranched alkanes of at least 4 members (excludes halogenated alkanes) is 1. The molecule has 1 aliphatic rings. The largest absolute Gasteiger partial charge is 0.493 e. The van der Waals surface area contributed by atoms with Gasteiger partial charge in [0.15, 0.2) is 0 Å². The van der Waals surface area contributed by atoms with Crippen molar-refractivity contribution < 1.29 is 27.4 Å². The quantitative estimate of drug-likeness (QED) is 0.239. The van der Waals surface area contributed by atoms with E-state index in [-0.39, 0.29) is 11.7 Å². The number of ether oxygens (including phenoxy) is 2. The Morgan fingerprint density at radius 2 is 1.90 bits per heavy atom. The van der Waals surface area contributed by atoms with E-state index in [2.05, 4.69) is 16.9 Å². The highest BCUT2D eigenvalue weighted by molar-refractivity contribution is 5.69. The van der Waals surface area contributed by atoms with Crippen molar-refractivity contribution in [3.63, 3.8) is 0 Å². The van der Waals surface area contributed by atoms with Gasteiger partial charge in [-0.05, 0) is 63.1 Å². The maximum atomic E-state index is 12.5. The highest BCUT2D eigenvalue weighted by Crippen LogP contribution is 2.31. The van der Waals surface area contributed by atoms with Crippen LogP contribution in [0.25, 0.3) is 0 Å². The first kappa shape index (κ1) is 25.8. The SMILES string of the molecule is C/C=C\CCCC(=O)OC.FC(F)(F)c1cccc(OCC/C=C/C2CCCC2)c1. The summed E-state index contributed by atoms with van der Waals surface area (Å²) in [6.07, 6.45) is 12.2. The molecule has 0 unspecified atom stereocenters. The molecule has 2 rings (SSSR count). The van der Waals surface area contributed by atoms with Gasteiger partial charge in [-0.3, -0.25) is 4.79 Å². The molecular formula is C24H33F3O3. The molecule has 0 radical (unpaired) electrons. The normalized spacial score (nSPS) is 14.7. The van der Waals surface area contributed by atoms with Gasteiger partial charge in [0.1, 0.15) is 5.75 Å². The number of carbonyl (C=O) groups excluding carboxylic acids is 1. The molecule has 1 aliphatic carbocycles. The van der Waals surface area contributed by atoms with Gasteiger partial charge in [-0.25, -0.2) is 0 Å². The predicted molar refractivity (Wildman–Crippen MR) is 113 cm³/mol. The van der Waals surface area contributed by atoms with E-state index in [9.17, 15) is 18.0 Å². The summed E-state index contributed by atoms with van der Waals surface area (Å²) in [6.45, 7) is 2.38. The molecule has 0 atom stereocenters. The molecule has 0 amide bonds. The molecule has 0 aliphatic heterocycles. The first-order valence-corrected chi connectivity index (χ1v) is 10.5. The lowest BCUT2D eigenvalue weighted by atomic mass is 10.1. The van der Waals surface area contributed by atoms with Crippen LogP contribution in [0.2, 0.25) is 0 Å². The predicted octanol–water partition coefficient (Wildman–Crippen LogP) is 7.13. The van der Waals surface area contributed by atoms with E-state index in [1.165, 1.54) is 38.9 Å². The molecule has 168 valence electrons. The summed E-state index contributed by atoms with van der Waals surface area (Å²) in [5.41, 5.74) is -0.670. The van der Waals surface area contributed by atoms with E-state index in [0.29, 0.717) is 18.9 Å². The maximum absolute atomic E-state index is 12.5. The fourth-order valence-corrected chi connectivity index (χ4v) is 3.08.